The third-order valence-corrected chi connectivity index (χ3v) is 4.14. The van der Waals surface area contributed by atoms with E-state index in [1.807, 2.05) is 25.1 Å². The summed E-state index contributed by atoms with van der Waals surface area (Å²) in [6.45, 7) is 1.97. The first-order chi connectivity index (χ1) is 13.5. The first kappa shape index (κ1) is 19.4. The number of carbonyl (C=O) groups is 1. The number of benzene rings is 2. The average molecular weight is 400 g/mol. The van der Waals surface area contributed by atoms with Gasteiger partial charge in [-0.2, -0.15) is 10.1 Å². The summed E-state index contributed by atoms with van der Waals surface area (Å²) < 4.78 is 10.1. The molecule has 2 N–H and O–H groups in total. The van der Waals surface area contributed by atoms with Crippen LogP contribution in [0.4, 0.5) is 23.1 Å². The molecule has 144 valence electrons. The number of hydrogen-bond donors (Lipinski definition) is 2. The van der Waals surface area contributed by atoms with E-state index in [0.29, 0.717) is 33.5 Å². The maximum Gasteiger partial charge on any atom is 0.337 e. The van der Waals surface area contributed by atoms with Crippen LogP contribution in [0.3, 0.4) is 0 Å². The summed E-state index contributed by atoms with van der Waals surface area (Å²) in [6, 6.07) is 10.5. The fraction of sp³-hybridized carbons (Fsp3) is 0.158. The summed E-state index contributed by atoms with van der Waals surface area (Å²) in [7, 11) is 2.90. The molecular weight excluding hydrogens is 382 g/mol. The van der Waals surface area contributed by atoms with Crippen molar-refractivity contribution in [2.24, 2.45) is 0 Å². The number of ether oxygens (including phenoxy) is 2. The van der Waals surface area contributed by atoms with Crippen molar-refractivity contribution < 1.29 is 14.3 Å². The van der Waals surface area contributed by atoms with Gasteiger partial charge in [0.25, 0.3) is 0 Å². The fourth-order valence-corrected chi connectivity index (χ4v) is 2.63. The van der Waals surface area contributed by atoms with E-state index < -0.39 is 5.97 Å². The molecule has 3 rings (SSSR count). The highest BCUT2D eigenvalue weighted by Gasteiger charge is 2.11. The van der Waals surface area contributed by atoms with Crippen molar-refractivity contribution >= 4 is 40.7 Å². The third kappa shape index (κ3) is 4.47. The zero-order chi connectivity index (χ0) is 20.1. The minimum atomic E-state index is -0.463. The molecule has 1 aromatic heterocycles. The van der Waals surface area contributed by atoms with Gasteiger partial charge in [-0.1, -0.05) is 17.7 Å². The molecule has 2 aromatic carbocycles. The lowest BCUT2D eigenvalue weighted by molar-refractivity contribution is 0.0601. The molecule has 0 aliphatic rings. The van der Waals surface area contributed by atoms with Crippen LogP contribution in [0.1, 0.15) is 15.9 Å². The smallest absolute Gasteiger partial charge is 0.337 e. The van der Waals surface area contributed by atoms with Gasteiger partial charge in [0.2, 0.25) is 5.95 Å². The lowest BCUT2D eigenvalue weighted by Crippen LogP contribution is -2.05. The molecule has 0 fully saturated rings. The van der Waals surface area contributed by atoms with Crippen molar-refractivity contribution in [1.82, 2.24) is 15.2 Å². The Morgan fingerprint density at radius 2 is 1.89 bits per heavy atom. The summed E-state index contributed by atoms with van der Waals surface area (Å²) in [4.78, 5) is 16.1. The SMILES string of the molecule is COC(=O)c1ccc(Cl)c(Nc2cnnc(Nc3cc(C)ccc3OC)n2)c1. The summed E-state index contributed by atoms with van der Waals surface area (Å²) in [6.07, 6.45) is 1.44. The number of methoxy groups -OCH3 is 2. The van der Waals surface area contributed by atoms with Gasteiger partial charge in [0.05, 0.1) is 42.4 Å². The predicted octanol–water partition coefficient (Wildman–Crippen LogP) is 4.12. The van der Waals surface area contributed by atoms with E-state index in [1.54, 1.807) is 25.3 Å². The minimum Gasteiger partial charge on any atom is -0.495 e. The van der Waals surface area contributed by atoms with Gasteiger partial charge in [-0.05, 0) is 42.8 Å². The van der Waals surface area contributed by atoms with Crippen LogP contribution in [0.2, 0.25) is 5.02 Å². The quantitative estimate of drug-likeness (QED) is 0.597. The largest absolute Gasteiger partial charge is 0.495 e. The van der Waals surface area contributed by atoms with Crippen LogP contribution in [0.5, 0.6) is 5.75 Å². The van der Waals surface area contributed by atoms with Crippen molar-refractivity contribution in [3.05, 3.63) is 58.7 Å². The van der Waals surface area contributed by atoms with Crippen LogP contribution in [0, 0.1) is 6.92 Å². The maximum absolute atomic E-state index is 11.7. The maximum atomic E-state index is 11.7. The summed E-state index contributed by atoms with van der Waals surface area (Å²) in [5, 5.41) is 14.5. The highest BCUT2D eigenvalue weighted by atomic mass is 35.5. The van der Waals surface area contributed by atoms with Gasteiger partial charge in [-0.25, -0.2) is 4.79 Å². The van der Waals surface area contributed by atoms with Crippen LogP contribution in [0.15, 0.2) is 42.6 Å². The monoisotopic (exact) mass is 399 g/mol. The zero-order valence-corrected chi connectivity index (χ0v) is 16.2. The molecule has 0 unspecified atom stereocenters. The van der Waals surface area contributed by atoms with Crippen LogP contribution in [0.25, 0.3) is 0 Å². The van der Waals surface area contributed by atoms with Crippen LogP contribution in [-0.4, -0.2) is 35.4 Å². The second-order valence-corrected chi connectivity index (χ2v) is 6.21. The first-order valence-electron chi connectivity index (χ1n) is 8.26. The molecule has 3 aromatic rings. The second kappa shape index (κ2) is 8.53. The topological polar surface area (TPSA) is 98.3 Å². The van der Waals surface area contributed by atoms with Crippen molar-refractivity contribution in [2.75, 3.05) is 24.9 Å². The lowest BCUT2D eigenvalue weighted by atomic mass is 10.2. The molecule has 8 nitrogen and oxygen atoms in total. The molecule has 9 heteroatoms. The van der Waals surface area contributed by atoms with Crippen LogP contribution in [-0.2, 0) is 4.74 Å². The summed E-state index contributed by atoms with van der Waals surface area (Å²) in [5.74, 6) is 0.859. The number of hydrogen-bond acceptors (Lipinski definition) is 8. The highest BCUT2D eigenvalue weighted by Crippen LogP contribution is 2.29. The molecule has 28 heavy (non-hydrogen) atoms. The molecule has 0 bridgehead atoms. The molecule has 0 spiro atoms. The van der Waals surface area contributed by atoms with Gasteiger partial charge in [0.1, 0.15) is 5.75 Å². The molecule has 1 heterocycles. The lowest BCUT2D eigenvalue weighted by Gasteiger charge is -2.12. The van der Waals surface area contributed by atoms with Gasteiger partial charge in [0, 0.05) is 0 Å². The number of aryl methyl sites for hydroxylation is 1. The Morgan fingerprint density at radius 3 is 2.64 bits per heavy atom. The Balaban J connectivity index is 1.85. The minimum absolute atomic E-state index is 0.272. The highest BCUT2D eigenvalue weighted by molar-refractivity contribution is 6.33. The number of anilines is 4. The number of rotatable bonds is 6. The molecule has 0 radical (unpaired) electrons. The zero-order valence-electron chi connectivity index (χ0n) is 15.5. The van der Waals surface area contributed by atoms with E-state index in [-0.39, 0.29) is 5.95 Å². The van der Waals surface area contributed by atoms with Crippen molar-refractivity contribution in [3.8, 4) is 5.75 Å². The normalized spacial score (nSPS) is 10.3. The van der Waals surface area contributed by atoms with Crippen molar-refractivity contribution in [2.45, 2.75) is 6.92 Å². The molecular formula is C19H18ClN5O3. The van der Waals surface area contributed by atoms with E-state index in [1.165, 1.54) is 13.3 Å². The van der Waals surface area contributed by atoms with E-state index in [9.17, 15) is 4.79 Å². The number of halogens is 1. The third-order valence-electron chi connectivity index (χ3n) is 3.81. The van der Waals surface area contributed by atoms with Gasteiger partial charge >= 0.3 is 5.97 Å². The molecule has 0 saturated heterocycles. The predicted molar refractivity (Wildman–Crippen MR) is 107 cm³/mol. The van der Waals surface area contributed by atoms with E-state index in [4.69, 9.17) is 21.1 Å². The number of aromatic nitrogens is 3. The second-order valence-electron chi connectivity index (χ2n) is 5.81. The molecule has 0 aliphatic heterocycles. The number of carbonyl (C=O) groups excluding carboxylic acids is 1. The van der Waals surface area contributed by atoms with E-state index in [2.05, 4.69) is 25.8 Å². The van der Waals surface area contributed by atoms with Crippen molar-refractivity contribution in [1.29, 1.82) is 0 Å². The number of nitrogens with one attached hydrogen (secondary N) is 2. The average Bonchev–Trinajstić information content (AvgIpc) is 2.69. The summed E-state index contributed by atoms with van der Waals surface area (Å²) >= 11 is 6.21. The molecule has 0 saturated carbocycles. The first-order valence-corrected chi connectivity index (χ1v) is 8.64. The molecule has 0 atom stereocenters. The van der Waals surface area contributed by atoms with E-state index in [0.717, 1.165) is 5.56 Å². The van der Waals surface area contributed by atoms with Crippen molar-refractivity contribution in [3.63, 3.8) is 0 Å². The molecule has 0 amide bonds. The number of esters is 1. The summed E-state index contributed by atoms with van der Waals surface area (Å²) in [5.41, 5.74) is 2.62. The Morgan fingerprint density at radius 1 is 1.07 bits per heavy atom. The van der Waals surface area contributed by atoms with Crippen LogP contribution >= 0.6 is 11.6 Å². The van der Waals surface area contributed by atoms with Gasteiger partial charge in [-0.3, -0.25) is 0 Å². The molecule has 0 aliphatic carbocycles. The Hall–Kier alpha value is -3.39. The van der Waals surface area contributed by atoms with Gasteiger partial charge in [-0.15, -0.1) is 5.10 Å². The van der Waals surface area contributed by atoms with Gasteiger partial charge < -0.3 is 20.1 Å². The van der Waals surface area contributed by atoms with Gasteiger partial charge in [0.15, 0.2) is 5.82 Å². The Bertz CT molecular complexity index is 1010. The fourth-order valence-electron chi connectivity index (χ4n) is 2.46. The number of nitrogens with zero attached hydrogens (tertiary/aromatic N) is 3. The Labute approximate surface area is 166 Å². The van der Waals surface area contributed by atoms with Crippen LogP contribution < -0.4 is 15.4 Å². The standard InChI is InChI=1S/C19H18ClN5O3/c1-11-4-7-16(27-2)15(8-11)23-19-24-17(10-21-25-19)22-14-9-12(18(26)28-3)5-6-13(14)20/h4-10H,1-3H3,(H2,22,23,24,25). The van der Waals surface area contributed by atoms with E-state index >= 15 is 0 Å². The Kier molecular flexibility index (Phi) is 5.90.